The number of nitrogens with one attached hydrogen (secondary N) is 2. The molecule has 25 heavy (non-hydrogen) atoms. The predicted molar refractivity (Wildman–Crippen MR) is 80.4 cm³/mol. The zero-order chi connectivity index (χ0) is 17.9. The lowest BCUT2D eigenvalue weighted by atomic mass is 10.3. The van der Waals surface area contributed by atoms with E-state index in [0.717, 1.165) is 11.0 Å². The first-order valence-corrected chi connectivity index (χ1v) is 7.52. The molecule has 1 amide bonds. The molecule has 0 atom stereocenters. The molecule has 0 fully saturated rings. The van der Waals surface area contributed by atoms with Gasteiger partial charge in [-0.1, -0.05) is 17.3 Å². The number of carbonyl (C=O) groups is 1. The van der Waals surface area contributed by atoms with Crippen molar-refractivity contribution in [3.63, 3.8) is 0 Å². The molecule has 0 unspecified atom stereocenters. The van der Waals surface area contributed by atoms with Gasteiger partial charge in [0.1, 0.15) is 5.82 Å². The maximum Gasteiger partial charge on any atom is 0.471 e. The van der Waals surface area contributed by atoms with Crippen LogP contribution in [0.3, 0.4) is 0 Å². The van der Waals surface area contributed by atoms with Gasteiger partial charge in [0.05, 0.1) is 11.0 Å². The standard InChI is InChI=1S/C15H14F3N5O2/c16-15(17,18)14-22-12(23-25-14)7-8-19-13(24)6-5-11-20-9-3-1-2-4-10(9)21-11/h1-4H,5-8H2,(H,19,24)(H,20,21). The number of carbonyl (C=O) groups excluding carboxylic acids is 1. The number of imidazole rings is 1. The first-order valence-electron chi connectivity index (χ1n) is 7.52. The van der Waals surface area contributed by atoms with Crippen LogP contribution in [0, 0.1) is 0 Å². The quantitative estimate of drug-likeness (QED) is 0.708. The van der Waals surface area contributed by atoms with Crippen molar-refractivity contribution in [1.82, 2.24) is 25.4 Å². The number of rotatable bonds is 6. The highest BCUT2D eigenvalue weighted by atomic mass is 19.4. The number of aromatic amines is 1. The average Bonchev–Trinajstić information content (AvgIpc) is 3.19. The highest BCUT2D eigenvalue weighted by Gasteiger charge is 2.38. The van der Waals surface area contributed by atoms with E-state index in [9.17, 15) is 18.0 Å². The van der Waals surface area contributed by atoms with Gasteiger partial charge in [-0.3, -0.25) is 4.79 Å². The summed E-state index contributed by atoms with van der Waals surface area (Å²) >= 11 is 0. The zero-order valence-corrected chi connectivity index (χ0v) is 12.9. The van der Waals surface area contributed by atoms with E-state index < -0.39 is 12.1 Å². The number of halogens is 3. The number of hydrogen-bond acceptors (Lipinski definition) is 5. The Morgan fingerprint density at radius 3 is 2.72 bits per heavy atom. The van der Waals surface area contributed by atoms with Crippen molar-refractivity contribution in [2.24, 2.45) is 0 Å². The third-order valence-electron chi connectivity index (χ3n) is 3.41. The zero-order valence-electron chi connectivity index (χ0n) is 12.9. The molecule has 0 spiro atoms. The smallest absolute Gasteiger partial charge is 0.356 e. The summed E-state index contributed by atoms with van der Waals surface area (Å²) in [6.45, 7) is 0.121. The molecule has 0 saturated heterocycles. The van der Waals surface area contributed by atoms with Gasteiger partial charge in [0.25, 0.3) is 0 Å². The number of benzene rings is 1. The Labute approximate surface area is 139 Å². The number of para-hydroxylation sites is 2. The van der Waals surface area contributed by atoms with E-state index in [1.807, 2.05) is 24.3 Å². The molecule has 0 aliphatic carbocycles. The van der Waals surface area contributed by atoms with Gasteiger partial charge in [0, 0.05) is 25.8 Å². The molecule has 3 aromatic rings. The number of H-pyrrole nitrogens is 1. The first-order chi connectivity index (χ1) is 11.9. The van der Waals surface area contributed by atoms with Crippen LogP contribution >= 0.6 is 0 Å². The maximum absolute atomic E-state index is 12.3. The summed E-state index contributed by atoms with van der Waals surface area (Å²) in [7, 11) is 0. The fraction of sp³-hybridized carbons (Fsp3) is 0.333. The third-order valence-corrected chi connectivity index (χ3v) is 3.41. The van der Waals surface area contributed by atoms with Gasteiger partial charge in [0.2, 0.25) is 5.91 Å². The summed E-state index contributed by atoms with van der Waals surface area (Å²) in [5.74, 6) is -1.03. The molecule has 3 rings (SSSR count). The van der Waals surface area contributed by atoms with Crippen LogP contribution in [0.2, 0.25) is 0 Å². The van der Waals surface area contributed by atoms with E-state index in [-0.39, 0.29) is 31.1 Å². The van der Waals surface area contributed by atoms with E-state index in [1.165, 1.54) is 0 Å². The molecular formula is C15H14F3N5O2. The monoisotopic (exact) mass is 353 g/mol. The van der Waals surface area contributed by atoms with E-state index in [1.54, 1.807) is 0 Å². The number of amides is 1. The molecule has 10 heteroatoms. The minimum absolute atomic E-state index is 0.0515. The van der Waals surface area contributed by atoms with Crippen molar-refractivity contribution in [2.75, 3.05) is 6.54 Å². The molecule has 2 N–H and O–H groups in total. The van der Waals surface area contributed by atoms with Gasteiger partial charge in [-0.15, -0.1) is 0 Å². The predicted octanol–water partition coefficient (Wildman–Crippen LogP) is 2.26. The Bertz CT molecular complexity index is 838. The van der Waals surface area contributed by atoms with Gasteiger partial charge in [-0.05, 0) is 12.1 Å². The number of aryl methyl sites for hydroxylation is 1. The summed E-state index contributed by atoms with van der Waals surface area (Å²) in [4.78, 5) is 22.5. The summed E-state index contributed by atoms with van der Waals surface area (Å²) in [5.41, 5.74) is 1.73. The lowest BCUT2D eigenvalue weighted by molar-refractivity contribution is -0.159. The molecule has 7 nitrogen and oxygen atoms in total. The van der Waals surface area contributed by atoms with Gasteiger partial charge in [-0.2, -0.15) is 18.2 Å². The van der Waals surface area contributed by atoms with Crippen LogP contribution in [-0.4, -0.2) is 32.6 Å². The molecule has 1 aromatic carbocycles. The molecule has 0 aliphatic heterocycles. The Morgan fingerprint density at radius 1 is 1.20 bits per heavy atom. The van der Waals surface area contributed by atoms with E-state index in [4.69, 9.17) is 0 Å². The second-order valence-electron chi connectivity index (χ2n) is 5.31. The van der Waals surface area contributed by atoms with Crippen molar-refractivity contribution >= 4 is 16.9 Å². The molecule has 2 aromatic heterocycles. The maximum atomic E-state index is 12.3. The largest absolute Gasteiger partial charge is 0.471 e. The van der Waals surface area contributed by atoms with E-state index >= 15 is 0 Å². The minimum Gasteiger partial charge on any atom is -0.356 e. The second kappa shape index (κ2) is 6.91. The molecule has 2 heterocycles. The Morgan fingerprint density at radius 2 is 2.00 bits per heavy atom. The Hall–Kier alpha value is -2.91. The van der Waals surface area contributed by atoms with Crippen LogP contribution in [0.15, 0.2) is 28.8 Å². The Kier molecular flexibility index (Phi) is 4.68. The van der Waals surface area contributed by atoms with Crippen LogP contribution in [-0.2, 0) is 23.8 Å². The number of nitrogens with zero attached hydrogens (tertiary/aromatic N) is 3. The number of fused-ring (bicyclic) bond motifs is 1. The topological polar surface area (TPSA) is 96.7 Å². The van der Waals surface area contributed by atoms with Crippen LogP contribution in [0.5, 0.6) is 0 Å². The lowest BCUT2D eigenvalue weighted by Gasteiger charge is -2.02. The highest BCUT2D eigenvalue weighted by Crippen LogP contribution is 2.27. The van der Waals surface area contributed by atoms with Gasteiger partial charge in [0.15, 0.2) is 5.82 Å². The third kappa shape index (κ3) is 4.34. The summed E-state index contributed by atoms with van der Waals surface area (Å²) < 4.78 is 41.1. The van der Waals surface area contributed by atoms with Gasteiger partial charge < -0.3 is 14.8 Å². The van der Waals surface area contributed by atoms with Crippen molar-refractivity contribution in [3.8, 4) is 0 Å². The van der Waals surface area contributed by atoms with Crippen molar-refractivity contribution in [2.45, 2.75) is 25.4 Å². The van der Waals surface area contributed by atoms with Gasteiger partial charge >= 0.3 is 12.1 Å². The molecule has 0 saturated carbocycles. The number of hydrogen-bond donors (Lipinski definition) is 2. The minimum atomic E-state index is -4.67. The van der Waals surface area contributed by atoms with Crippen LogP contribution < -0.4 is 5.32 Å². The van der Waals surface area contributed by atoms with Gasteiger partial charge in [-0.25, -0.2) is 4.98 Å². The van der Waals surface area contributed by atoms with Crippen LogP contribution in [0.25, 0.3) is 11.0 Å². The molecule has 0 radical (unpaired) electrons. The van der Waals surface area contributed by atoms with E-state index in [2.05, 4.69) is 29.9 Å². The van der Waals surface area contributed by atoms with Crippen LogP contribution in [0.1, 0.15) is 24.0 Å². The summed E-state index contributed by atoms with van der Waals surface area (Å²) in [6.07, 6.45) is -3.97. The molecule has 0 aliphatic rings. The van der Waals surface area contributed by atoms with Crippen molar-refractivity contribution in [3.05, 3.63) is 41.8 Å². The second-order valence-corrected chi connectivity index (χ2v) is 5.31. The normalized spacial score (nSPS) is 11.8. The van der Waals surface area contributed by atoms with Crippen molar-refractivity contribution in [1.29, 1.82) is 0 Å². The highest BCUT2D eigenvalue weighted by molar-refractivity contribution is 5.77. The SMILES string of the molecule is O=C(CCc1nc2ccccc2[nH]1)NCCc1noc(C(F)(F)F)n1. The fourth-order valence-corrected chi connectivity index (χ4v) is 2.23. The number of aromatic nitrogens is 4. The van der Waals surface area contributed by atoms with Crippen LogP contribution in [0.4, 0.5) is 13.2 Å². The lowest BCUT2D eigenvalue weighted by Crippen LogP contribution is -2.26. The molecule has 0 bridgehead atoms. The first kappa shape index (κ1) is 16.9. The molecule has 132 valence electrons. The fourth-order valence-electron chi connectivity index (χ4n) is 2.23. The Balaban J connectivity index is 1.43. The van der Waals surface area contributed by atoms with Crippen molar-refractivity contribution < 1.29 is 22.5 Å². The number of alkyl halides is 3. The average molecular weight is 353 g/mol. The molecular weight excluding hydrogens is 339 g/mol. The summed E-state index contributed by atoms with van der Waals surface area (Å²) in [6, 6.07) is 7.53. The van der Waals surface area contributed by atoms with E-state index in [0.29, 0.717) is 12.2 Å². The summed E-state index contributed by atoms with van der Waals surface area (Å²) in [5, 5.41) is 5.82.